The molecule has 286 valence electrons. The van der Waals surface area contributed by atoms with Gasteiger partial charge in [-0.3, -0.25) is 24.0 Å². The molecule has 4 aliphatic rings. The summed E-state index contributed by atoms with van der Waals surface area (Å²) in [6.07, 6.45) is 3.32. The van der Waals surface area contributed by atoms with E-state index in [0.29, 0.717) is 16.3 Å². The number of halogens is 4. The van der Waals surface area contributed by atoms with Crippen molar-refractivity contribution in [3.63, 3.8) is 0 Å². The van der Waals surface area contributed by atoms with Crippen LogP contribution in [0, 0.1) is 17.3 Å². The number of ketones is 1. The van der Waals surface area contributed by atoms with Gasteiger partial charge in [-0.05, 0) is 48.6 Å². The molecule has 1 unspecified atom stereocenters. The van der Waals surface area contributed by atoms with Gasteiger partial charge in [0.25, 0.3) is 5.91 Å². The lowest BCUT2D eigenvalue weighted by molar-refractivity contribution is -0.148. The lowest BCUT2D eigenvalue weighted by Gasteiger charge is -2.36. The molecule has 0 radical (unpaired) electrons. The van der Waals surface area contributed by atoms with Crippen molar-refractivity contribution in [2.75, 3.05) is 13.1 Å². The topological polar surface area (TPSA) is 146 Å². The fraction of sp³-hybridized carbons (Fsp3) is 0.676. The van der Waals surface area contributed by atoms with Crippen LogP contribution in [-0.4, -0.2) is 83.0 Å². The van der Waals surface area contributed by atoms with Crippen molar-refractivity contribution in [1.29, 1.82) is 0 Å². The molecule has 2 aliphatic carbocycles. The van der Waals surface area contributed by atoms with Gasteiger partial charge in [-0.25, -0.2) is 0 Å². The van der Waals surface area contributed by atoms with E-state index in [1.807, 2.05) is 26.8 Å². The van der Waals surface area contributed by atoms with Gasteiger partial charge < -0.3 is 25.7 Å². The summed E-state index contributed by atoms with van der Waals surface area (Å²) in [4.78, 5) is 75.3. The number of carbonyl (C=O) groups excluding carboxylic acids is 5. The third-order valence-electron chi connectivity index (χ3n) is 10.7. The minimum absolute atomic E-state index is 0.00575. The molecule has 15 heteroatoms. The van der Waals surface area contributed by atoms with Crippen molar-refractivity contribution < 1.29 is 42.0 Å². The molecule has 5 rings (SSSR count). The molecular formula is C37H49ClF3N5O6. The van der Waals surface area contributed by atoms with E-state index in [9.17, 15) is 37.1 Å². The largest absolute Gasteiger partial charge is 0.405 e. The van der Waals surface area contributed by atoms with E-state index in [1.165, 1.54) is 4.90 Å². The van der Waals surface area contributed by atoms with Crippen molar-refractivity contribution in [2.24, 2.45) is 22.4 Å². The molecule has 2 heterocycles. The number of benzene rings is 1. The molecule has 2 saturated carbocycles. The molecule has 0 bridgehead atoms. The highest BCUT2D eigenvalue weighted by atomic mass is 35.5. The third-order valence-corrected chi connectivity index (χ3v) is 10.9. The Morgan fingerprint density at radius 2 is 1.69 bits per heavy atom. The van der Waals surface area contributed by atoms with Gasteiger partial charge in [0.05, 0.1) is 18.3 Å². The number of hydrogen-bond acceptors (Lipinski definition) is 7. The first-order valence-corrected chi connectivity index (χ1v) is 18.6. The van der Waals surface area contributed by atoms with Crippen molar-refractivity contribution in [2.45, 2.75) is 128 Å². The van der Waals surface area contributed by atoms with Crippen molar-refractivity contribution in [3.05, 3.63) is 34.9 Å². The molecule has 1 aromatic rings. The summed E-state index contributed by atoms with van der Waals surface area (Å²) < 4.78 is 38.5. The van der Waals surface area contributed by atoms with Crippen LogP contribution in [0.1, 0.15) is 103 Å². The van der Waals surface area contributed by atoms with Crippen LogP contribution >= 0.6 is 11.6 Å². The zero-order chi connectivity index (χ0) is 37.8. The summed E-state index contributed by atoms with van der Waals surface area (Å²) in [7, 11) is 0. The Morgan fingerprint density at radius 3 is 2.31 bits per heavy atom. The van der Waals surface area contributed by atoms with E-state index < -0.39 is 65.4 Å². The summed E-state index contributed by atoms with van der Waals surface area (Å²) in [5, 5.41) is 12.0. The zero-order valence-corrected chi connectivity index (χ0v) is 30.7. The summed E-state index contributed by atoms with van der Waals surface area (Å²) in [5.41, 5.74) is -0.646. The summed E-state index contributed by atoms with van der Waals surface area (Å²) in [6, 6.07) is 3.38. The minimum atomic E-state index is -4.73. The van der Waals surface area contributed by atoms with Crippen molar-refractivity contribution in [3.8, 4) is 0 Å². The smallest absolute Gasteiger partial charge is 0.387 e. The number of Topliss-reactive ketones (excluding diaryl/α,β-unsaturated/α-hetero) is 1. The van der Waals surface area contributed by atoms with Gasteiger partial charge in [0, 0.05) is 29.8 Å². The monoisotopic (exact) mass is 751 g/mol. The molecule has 4 atom stereocenters. The van der Waals surface area contributed by atoms with E-state index in [-0.39, 0.29) is 50.0 Å². The van der Waals surface area contributed by atoms with Gasteiger partial charge in [-0.15, -0.1) is 0 Å². The Labute approximate surface area is 307 Å². The summed E-state index contributed by atoms with van der Waals surface area (Å²) in [5.74, 6) is -3.96. The van der Waals surface area contributed by atoms with Gasteiger partial charge >= 0.3 is 6.18 Å². The molecule has 0 aromatic heterocycles. The van der Waals surface area contributed by atoms with Crippen LogP contribution in [0.5, 0.6) is 0 Å². The van der Waals surface area contributed by atoms with Gasteiger partial charge in [0.15, 0.2) is 5.60 Å². The second-order valence-corrected chi connectivity index (χ2v) is 16.5. The SMILES string of the molecule is CC(C)(C)[C@H](NC(=O)CC1CCCCC1)C(=O)N1C[C@@]2(CC(c3cccc(Cl)c3)=NO2)C[C@H]1C(=O)NC(CC1CCC1)C(=O)C(=O)NCC(F)(F)F. The summed E-state index contributed by atoms with van der Waals surface area (Å²) >= 11 is 6.23. The quantitative estimate of drug-likeness (QED) is 0.250. The Hall–Kier alpha value is -3.68. The Balaban J connectivity index is 1.39. The Morgan fingerprint density at radius 1 is 1.00 bits per heavy atom. The first-order chi connectivity index (χ1) is 24.4. The molecule has 1 aromatic carbocycles. The molecule has 3 fully saturated rings. The first kappa shape index (κ1) is 39.5. The van der Waals surface area contributed by atoms with E-state index in [1.54, 1.807) is 23.5 Å². The number of likely N-dealkylation sites (tertiary alicyclic amines) is 1. The van der Waals surface area contributed by atoms with Crippen LogP contribution in [0.3, 0.4) is 0 Å². The van der Waals surface area contributed by atoms with E-state index in [0.717, 1.165) is 51.4 Å². The number of rotatable bonds is 12. The normalized spacial score (nSPS) is 23.6. The third kappa shape index (κ3) is 10.0. The number of alkyl halides is 3. The molecule has 2 aliphatic heterocycles. The lowest BCUT2D eigenvalue weighted by Crippen LogP contribution is -2.59. The lowest BCUT2D eigenvalue weighted by atomic mass is 9.80. The highest BCUT2D eigenvalue weighted by Gasteiger charge is 2.56. The fourth-order valence-electron chi connectivity index (χ4n) is 7.63. The van der Waals surface area contributed by atoms with E-state index in [4.69, 9.17) is 16.4 Å². The number of hydrogen-bond donors (Lipinski definition) is 3. The van der Waals surface area contributed by atoms with Crippen LogP contribution in [-0.2, 0) is 28.8 Å². The zero-order valence-electron chi connectivity index (χ0n) is 30.0. The minimum Gasteiger partial charge on any atom is -0.387 e. The molecule has 1 saturated heterocycles. The van der Waals surface area contributed by atoms with Gasteiger partial charge in [-0.2, -0.15) is 13.2 Å². The molecule has 52 heavy (non-hydrogen) atoms. The number of nitrogens with one attached hydrogen (secondary N) is 3. The predicted octanol–water partition coefficient (Wildman–Crippen LogP) is 5.23. The van der Waals surface area contributed by atoms with E-state index >= 15 is 0 Å². The number of nitrogens with zero attached hydrogens (tertiary/aromatic N) is 2. The van der Waals surface area contributed by atoms with Gasteiger partial charge in [0.1, 0.15) is 18.6 Å². The van der Waals surface area contributed by atoms with Gasteiger partial charge in [0.2, 0.25) is 23.5 Å². The Bertz CT molecular complexity index is 1550. The predicted molar refractivity (Wildman–Crippen MR) is 187 cm³/mol. The summed E-state index contributed by atoms with van der Waals surface area (Å²) in [6.45, 7) is 3.68. The number of oxime groups is 1. The van der Waals surface area contributed by atoms with Gasteiger partial charge in [-0.1, -0.05) is 88.2 Å². The molecule has 11 nitrogen and oxygen atoms in total. The average molecular weight is 752 g/mol. The maximum absolute atomic E-state index is 14.6. The standard InChI is InChI=1S/C37H49ClF3N5O6/c1-35(2,3)31(44-29(47)16-23-9-5-4-6-10-23)34(51)46-21-36(18-27(45-52-36)24-13-8-14-25(38)17-24)19-28(46)32(49)43-26(15-22-11-7-12-22)30(48)33(50)42-20-37(39,40)41/h8,13-14,17,22-23,26,28,31H,4-7,9-12,15-16,18-21H2,1-3H3,(H,42,50)(H,43,49)(H,44,47)/t26?,28-,31+,36+/m0/s1. The molecule has 3 N–H and O–H groups in total. The maximum Gasteiger partial charge on any atom is 0.405 e. The molecule has 4 amide bonds. The molecule has 1 spiro atoms. The average Bonchev–Trinajstić information content (AvgIpc) is 3.66. The second kappa shape index (κ2) is 16.1. The van der Waals surface area contributed by atoms with Crippen molar-refractivity contribution in [1.82, 2.24) is 20.9 Å². The van der Waals surface area contributed by atoms with Crippen LogP contribution < -0.4 is 16.0 Å². The van der Waals surface area contributed by atoms with Crippen LogP contribution in [0.4, 0.5) is 13.2 Å². The molecular weight excluding hydrogens is 703 g/mol. The van der Waals surface area contributed by atoms with Crippen molar-refractivity contribution >= 4 is 46.7 Å². The second-order valence-electron chi connectivity index (χ2n) is 16.0. The first-order valence-electron chi connectivity index (χ1n) is 18.2. The number of carbonyl (C=O) groups is 5. The highest BCUT2D eigenvalue weighted by molar-refractivity contribution is 6.38. The van der Waals surface area contributed by atoms with Crippen LogP contribution in [0.25, 0.3) is 0 Å². The van der Waals surface area contributed by atoms with E-state index in [2.05, 4.69) is 15.8 Å². The Kier molecular flexibility index (Phi) is 12.3. The maximum atomic E-state index is 14.6. The van der Waals surface area contributed by atoms with Crippen LogP contribution in [0.15, 0.2) is 29.4 Å². The fourth-order valence-corrected chi connectivity index (χ4v) is 7.82. The highest BCUT2D eigenvalue weighted by Crippen LogP contribution is 2.40. The van der Waals surface area contributed by atoms with Crippen LogP contribution in [0.2, 0.25) is 5.02 Å². The number of amides is 4.